The molecule has 1 heterocycles. The van der Waals surface area contributed by atoms with Crippen molar-refractivity contribution in [2.75, 3.05) is 0 Å². The minimum Gasteiger partial charge on any atom is -0.319 e. The molecule has 0 amide bonds. The fourth-order valence-electron chi connectivity index (χ4n) is 1.76. The Kier molecular flexibility index (Phi) is 5.32. The highest BCUT2D eigenvalue weighted by molar-refractivity contribution is 4.70. The lowest BCUT2D eigenvalue weighted by Crippen LogP contribution is -2.37. The number of aromatic nitrogens is 3. The van der Waals surface area contributed by atoms with Gasteiger partial charge in [0.1, 0.15) is 12.7 Å². The van der Waals surface area contributed by atoms with Gasteiger partial charge in [-0.3, -0.25) is 0 Å². The van der Waals surface area contributed by atoms with Gasteiger partial charge in [-0.25, -0.2) is 0 Å². The van der Waals surface area contributed by atoms with Gasteiger partial charge in [0.15, 0.2) is 0 Å². The molecule has 0 radical (unpaired) electrons. The average molecular weight is 210 g/mol. The van der Waals surface area contributed by atoms with E-state index in [9.17, 15) is 0 Å². The summed E-state index contributed by atoms with van der Waals surface area (Å²) < 4.78 is 2.00. The molecule has 1 aromatic rings. The third-order valence-electron chi connectivity index (χ3n) is 2.51. The molecule has 2 unspecified atom stereocenters. The van der Waals surface area contributed by atoms with Crippen LogP contribution in [-0.2, 0) is 6.54 Å². The van der Waals surface area contributed by atoms with Gasteiger partial charge in [-0.15, -0.1) is 10.2 Å². The van der Waals surface area contributed by atoms with Crippen molar-refractivity contribution >= 4 is 0 Å². The highest BCUT2D eigenvalue weighted by Gasteiger charge is 2.07. The van der Waals surface area contributed by atoms with Crippen LogP contribution in [-0.4, -0.2) is 26.8 Å². The fraction of sp³-hybridized carbons (Fsp3) is 0.818. The van der Waals surface area contributed by atoms with Crippen LogP contribution in [0.4, 0.5) is 0 Å². The maximum Gasteiger partial charge on any atom is 0.119 e. The third kappa shape index (κ3) is 4.93. The topological polar surface area (TPSA) is 42.7 Å². The molecule has 1 aromatic heterocycles. The Morgan fingerprint density at radius 2 is 1.87 bits per heavy atom. The molecule has 0 spiro atoms. The summed E-state index contributed by atoms with van der Waals surface area (Å²) in [6, 6.07) is 1.06. The molecule has 0 saturated carbocycles. The van der Waals surface area contributed by atoms with Gasteiger partial charge in [0.05, 0.1) is 0 Å². The second kappa shape index (κ2) is 6.56. The summed E-state index contributed by atoms with van der Waals surface area (Å²) in [7, 11) is 0. The largest absolute Gasteiger partial charge is 0.319 e. The van der Waals surface area contributed by atoms with Crippen molar-refractivity contribution in [1.82, 2.24) is 20.1 Å². The molecule has 0 bridgehead atoms. The van der Waals surface area contributed by atoms with Crippen LogP contribution in [0.2, 0.25) is 0 Å². The lowest BCUT2D eigenvalue weighted by molar-refractivity contribution is 0.401. The highest BCUT2D eigenvalue weighted by Crippen LogP contribution is 2.01. The van der Waals surface area contributed by atoms with Gasteiger partial charge < -0.3 is 9.88 Å². The van der Waals surface area contributed by atoms with Crippen LogP contribution in [0.1, 0.15) is 40.0 Å². The second-order valence-corrected chi connectivity index (χ2v) is 4.27. The molecule has 4 nitrogen and oxygen atoms in total. The van der Waals surface area contributed by atoms with E-state index in [1.807, 2.05) is 4.57 Å². The van der Waals surface area contributed by atoms with E-state index in [0.717, 1.165) is 6.54 Å². The summed E-state index contributed by atoms with van der Waals surface area (Å²) in [5, 5.41) is 11.2. The van der Waals surface area contributed by atoms with Crippen LogP contribution in [0.3, 0.4) is 0 Å². The van der Waals surface area contributed by atoms with E-state index >= 15 is 0 Å². The van der Waals surface area contributed by atoms with Gasteiger partial charge in [-0.1, -0.05) is 19.8 Å². The number of hydrogen-bond donors (Lipinski definition) is 1. The van der Waals surface area contributed by atoms with E-state index in [0.29, 0.717) is 12.1 Å². The zero-order chi connectivity index (χ0) is 11.1. The number of nitrogens with one attached hydrogen (secondary N) is 1. The lowest BCUT2D eigenvalue weighted by Gasteiger charge is -2.19. The van der Waals surface area contributed by atoms with E-state index in [-0.39, 0.29) is 0 Å². The molecule has 1 rings (SSSR count). The van der Waals surface area contributed by atoms with Crippen molar-refractivity contribution in [2.45, 2.75) is 58.7 Å². The van der Waals surface area contributed by atoms with Crippen molar-refractivity contribution in [3.63, 3.8) is 0 Å². The Morgan fingerprint density at radius 1 is 1.20 bits per heavy atom. The first-order valence-corrected chi connectivity index (χ1v) is 5.80. The van der Waals surface area contributed by atoms with Gasteiger partial charge in [0.25, 0.3) is 0 Å². The van der Waals surface area contributed by atoms with Crippen LogP contribution in [0.25, 0.3) is 0 Å². The van der Waals surface area contributed by atoms with Crippen molar-refractivity contribution in [3.8, 4) is 0 Å². The Labute approximate surface area is 92.1 Å². The number of unbranched alkanes of at least 4 members (excludes halogenated alkanes) is 1. The highest BCUT2D eigenvalue weighted by atomic mass is 15.2. The molecule has 0 fully saturated rings. The van der Waals surface area contributed by atoms with E-state index in [1.54, 1.807) is 12.7 Å². The molecule has 4 heteroatoms. The second-order valence-electron chi connectivity index (χ2n) is 4.27. The summed E-state index contributed by atoms with van der Waals surface area (Å²) in [6.45, 7) is 7.61. The molecular formula is C11H22N4. The lowest BCUT2D eigenvalue weighted by atomic mass is 10.1. The van der Waals surface area contributed by atoms with Gasteiger partial charge in [0, 0.05) is 18.6 Å². The van der Waals surface area contributed by atoms with Gasteiger partial charge in [-0.2, -0.15) is 0 Å². The number of hydrogen-bond acceptors (Lipinski definition) is 3. The van der Waals surface area contributed by atoms with Crippen molar-refractivity contribution in [1.29, 1.82) is 0 Å². The minimum absolute atomic E-state index is 0.466. The van der Waals surface area contributed by atoms with Crippen LogP contribution < -0.4 is 5.32 Å². The first kappa shape index (κ1) is 12.2. The monoisotopic (exact) mass is 210 g/mol. The standard InChI is InChI=1S/C11H22N4/c1-4-5-6-10(2)14-11(3)7-15-8-12-13-9-15/h8-11,14H,4-7H2,1-3H3. The Bertz CT molecular complexity index is 245. The fourth-order valence-corrected chi connectivity index (χ4v) is 1.76. The Balaban J connectivity index is 2.20. The molecule has 1 N–H and O–H groups in total. The van der Waals surface area contributed by atoms with Crippen molar-refractivity contribution in [3.05, 3.63) is 12.7 Å². The van der Waals surface area contributed by atoms with E-state index < -0.39 is 0 Å². The summed E-state index contributed by atoms with van der Waals surface area (Å²) in [5.74, 6) is 0. The number of rotatable bonds is 7. The molecular weight excluding hydrogens is 188 g/mol. The van der Waals surface area contributed by atoms with E-state index in [4.69, 9.17) is 0 Å². The van der Waals surface area contributed by atoms with Gasteiger partial charge >= 0.3 is 0 Å². The third-order valence-corrected chi connectivity index (χ3v) is 2.51. The van der Waals surface area contributed by atoms with E-state index in [1.165, 1.54) is 19.3 Å². The predicted molar refractivity (Wildman–Crippen MR) is 61.6 cm³/mol. The zero-order valence-corrected chi connectivity index (χ0v) is 9.98. The quantitative estimate of drug-likeness (QED) is 0.746. The molecule has 2 atom stereocenters. The van der Waals surface area contributed by atoms with Crippen LogP contribution >= 0.6 is 0 Å². The molecule has 86 valence electrons. The summed E-state index contributed by atoms with van der Waals surface area (Å²) in [6.07, 6.45) is 7.34. The predicted octanol–water partition coefficient (Wildman–Crippen LogP) is 1.83. The van der Waals surface area contributed by atoms with Gasteiger partial charge in [-0.05, 0) is 20.3 Å². The molecule has 0 aliphatic rings. The molecule has 0 aliphatic carbocycles. The molecule has 0 saturated heterocycles. The maximum atomic E-state index is 3.79. The van der Waals surface area contributed by atoms with E-state index in [2.05, 4.69) is 36.3 Å². The SMILES string of the molecule is CCCCC(C)NC(C)Cn1cnnc1. The van der Waals surface area contributed by atoms with Crippen molar-refractivity contribution in [2.24, 2.45) is 0 Å². The zero-order valence-electron chi connectivity index (χ0n) is 9.98. The first-order valence-electron chi connectivity index (χ1n) is 5.80. The Hall–Kier alpha value is -0.900. The molecule has 0 aliphatic heterocycles. The smallest absolute Gasteiger partial charge is 0.119 e. The summed E-state index contributed by atoms with van der Waals surface area (Å²) in [5.41, 5.74) is 0. The van der Waals surface area contributed by atoms with Crippen LogP contribution in [0.15, 0.2) is 12.7 Å². The normalized spacial score (nSPS) is 15.1. The molecule has 15 heavy (non-hydrogen) atoms. The summed E-state index contributed by atoms with van der Waals surface area (Å²) >= 11 is 0. The average Bonchev–Trinajstić information content (AvgIpc) is 2.67. The first-order chi connectivity index (χ1) is 7.22. The van der Waals surface area contributed by atoms with Crippen molar-refractivity contribution < 1.29 is 0 Å². The van der Waals surface area contributed by atoms with Crippen LogP contribution in [0.5, 0.6) is 0 Å². The minimum atomic E-state index is 0.466. The number of nitrogens with zero attached hydrogens (tertiary/aromatic N) is 3. The maximum absolute atomic E-state index is 3.79. The van der Waals surface area contributed by atoms with Crippen LogP contribution in [0, 0.1) is 0 Å². The Morgan fingerprint density at radius 3 is 2.47 bits per heavy atom. The molecule has 0 aromatic carbocycles. The summed E-state index contributed by atoms with van der Waals surface area (Å²) in [4.78, 5) is 0. The van der Waals surface area contributed by atoms with Gasteiger partial charge in [0.2, 0.25) is 0 Å².